The van der Waals surface area contributed by atoms with Crippen molar-refractivity contribution in [2.45, 2.75) is 10.9 Å². The zero-order chi connectivity index (χ0) is 13.1. The highest BCUT2D eigenvalue weighted by Gasteiger charge is 2.14. The fourth-order valence-electron chi connectivity index (χ4n) is 1.30. The van der Waals surface area contributed by atoms with Crippen LogP contribution in [0, 0.1) is 0 Å². The minimum absolute atomic E-state index is 0.124. The number of aromatic carboxylic acids is 1. The first-order chi connectivity index (χ1) is 8.56. The van der Waals surface area contributed by atoms with Crippen molar-refractivity contribution in [1.29, 1.82) is 0 Å². The molecule has 2 aromatic heterocycles. The summed E-state index contributed by atoms with van der Waals surface area (Å²) in [6, 6.07) is 2.84. The molecular formula is C10H10N4O3S. The Morgan fingerprint density at radius 3 is 2.67 bits per heavy atom. The van der Waals surface area contributed by atoms with Crippen molar-refractivity contribution < 1.29 is 14.3 Å². The molecule has 0 aliphatic rings. The van der Waals surface area contributed by atoms with Crippen LogP contribution in [0.2, 0.25) is 0 Å². The maximum atomic E-state index is 10.9. The molecule has 0 unspecified atom stereocenters. The van der Waals surface area contributed by atoms with E-state index in [-0.39, 0.29) is 23.0 Å². The van der Waals surface area contributed by atoms with Crippen LogP contribution in [0.3, 0.4) is 0 Å². The predicted octanol–water partition coefficient (Wildman–Crippen LogP) is 1.22. The molecule has 2 rings (SSSR count). The molecule has 7 nitrogen and oxygen atoms in total. The third kappa shape index (κ3) is 2.72. The van der Waals surface area contributed by atoms with Gasteiger partial charge in [-0.15, -0.1) is 0 Å². The molecule has 18 heavy (non-hydrogen) atoms. The number of carboxylic acid groups (broad SMARTS) is 1. The SMILES string of the molecule is Nc1cc(N)nc(SCc2occc2C(=O)O)n1. The Morgan fingerprint density at radius 1 is 1.39 bits per heavy atom. The molecule has 0 spiro atoms. The van der Waals surface area contributed by atoms with Crippen LogP contribution in [0.1, 0.15) is 16.1 Å². The van der Waals surface area contributed by atoms with Gasteiger partial charge in [0, 0.05) is 6.07 Å². The largest absolute Gasteiger partial charge is 0.478 e. The Hall–Kier alpha value is -2.22. The number of nitrogens with two attached hydrogens (primary N) is 2. The van der Waals surface area contributed by atoms with Crippen LogP contribution in [0.4, 0.5) is 11.6 Å². The van der Waals surface area contributed by atoms with Gasteiger partial charge in [-0.1, -0.05) is 11.8 Å². The van der Waals surface area contributed by atoms with Crippen molar-refractivity contribution in [3.8, 4) is 0 Å². The van der Waals surface area contributed by atoms with E-state index in [2.05, 4.69) is 9.97 Å². The average molecular weight is 266 g/mol. The van der Waals surface area contributed by atoms with Gasteiger partial charge < -0.3 is 21.0 Å². The van der Waals surface area contributed by atoms with E-state index in [0.717, 1.165) is 0 Å². The van der Waals surface area contributed by atoms with Crippen LogP contribution in [-0.2, 0) is 5.75 Å². The van der Waals surface area contributed by atoms with Crippen LogP contribution in [0.25, 0.3) is 0 Å². The van der Waals surface area contributed by atoms with E-state index < -0.39 is 5.97 Å². The molecule has 0 atom stereocenters. The lowest BCUT2D eigenvalue weighted by molar-refractivity contribution is 0.0695. The minimum Gasteiger partial charge on any atom is -0.478 e. The normalized spacial score (nSPS) is 10.4. The lowest BCUT2D eigenvalue weighted by Gasteiger charge is -2.01. The van der Waals surface area contributed by atoms with Crippen LogP contribution in [-0.4, -0.2) is 21.0 Å². The zero-order valence-electron chi connectivity index (χ0n) is 9.16. The summed E-state index contributed by atoms with van der Waals surface area (Å²) in [5.41, 5.74) is 11.2. The van der Waals surface area contributed by atoms with Gasteiger partial charge in [-0.3, -0.25) is 0 Å². The summed E-state index contributed by atoms with van der Waals surface area (Å²) in [5, 5.41) is 9.27. The Morgan fingerprint density at radius 2 is 2.06 bits per heavy atom. The number of carbonyl (C=O) groups is 1. The first kappa shape index (κ1) is 12.2. The van der Waals surface area contributed by atoms with Gasteiger partial charge >= 0.3 is 5.97 Å². The summed E-state index contributed by atoms with van der Waals surface area (Å²) in [6.45, 7) is 0. The van der Waals surface area contributed by atoms with Gasteiger partial charge in [0.1, 0.15) is 23.0 Å². The first-order valence-corrected chi connectivity index (χ1v) is 5.87. The van der Waals surface area contributed by atoms with Crippen molar-refractivity contribution in [3.63, 3.8) is 0 Å². The average Bonchev–Trinajstić information content (AvgIpc) is 2.73. The summed E-state index contributed by atoms with van der Waals surface area (Å²) >= 11 is 1.20. The van der Waals surface area contributed by atoms with Gasteiger partial charge in [-0.25, -0.2) is 14.8 Å². The number of furan rings is 1. The Labute approximate surface area is 106 Å². The van der Waals surface area contributed by atoms with Gasteiger partial charge in [0.2, 0.25) is 0 Å². The van der Waals surface area contributed by atoms with Gasteiger partial charge in [0.05, 0.1) is 12.0 Å². The Bertz CT molecular complexity index is 564. The maximum Gasteiger partial charge on any atom is 0.339 e. The molecule has 0 aromatic carbocycles. The number of nitrogen functional groups attached to an aromatic ring is 2. The molecule has 0 saturated heterocycles. The van der Waals surface area contributed by atoms with Gasteiger partial charge in [-0.05, 0) is 6.07 Å². The maximum absolute atomic E-state index is 10.9. The molecule has 0 aliphatic carbocycles. The van der Waals surface area contributed by atoms with E-state index in [0.29, 0.717) is 10.9 Å². The highest BCUT2D eigenvalue weighted by atomic mass is 32.2. The van der Waals surface area contributed by atoms with E-state index in [4.69, 9.17) is 21.0 Å². The third-order valence-electron chi connectivity index (χ3n) is 2.05. The number of aromatic nitrogens is 2. The van der Waals surface area contributed by atoms with E-state index in [1.54, 1.807) is 0 Å². The summed E-state index contributed by atoms with van der Waals surface area (Å²) in [7, 11) is 0. The first-order valence-electron chi connectivity index (χ1n) is 4.89. The molecule has 0 aliphatic heterocycles. The van der Waals surface area contributed by atoms with Crippen molar-refractivity contribution in [1.82, 2.24) is 9.97 Å². The molecule has 0 bridgehead atoms. The minimum atomic E-state index is -1.03. The van der Waals surface area contributed by atoms with Crippen molar-refractivity contribution in [2.24, 2.45) is 0 Å². The number of hydrogen-bond donors (Lipinski definition) is 3. The number of anilines is 2. The third-order valence-corrected chi connectivity index (χ3v) is 2.90. The lowest BCUT2D eigenvalue weighted by atomic mass is 10.3. The van der Waals surface area contributed by atoms with Crippen molar-refractivity contribution >= 4 is 29.4 Å². The van der Waals surface area contributed by atoms with E-state index in [1.807, 2.05) is 0 Å². The van der Waals surface area contributed by atoms with E-state index in [9.17, 15) is 4.79 Å². The molecule has 8 heteroatoms. The Balaban J connectivity index is 2.11. The quantitative estimate of drug-likeness (QED) is 0.556. The van der Waals surface area contributed by atoms with Gasteiger partial charge in [0.25, 0.3) is 0 Å². The van der Waals surface area contributed by atoms with E-state index >= 15 is 0 Å². The number of thioether (sulfide) groups is 1. The topological polar surface area (TPSA) is 128 Å². The molecular weight excluding hydrogens is 256 g/mol. The number of hydrogen-bond acceptors (Lipinski definition) is 7. The molecule has 2 aromatic rings. The molecule has 0 fully saturated rings. The summed E-state index contributed by atoms with van der Waals surface area (Å²) < 4.78 is 5.09. The van der Waals surface area contributed by atoms with Crippen molar-refractivity contribution in [3.05, 3.63) is 29.7 Å². The van der Waals surface area contributed by atoms with Gasteiger partial charge in [0.15, 0.2) is 5.16 Å². The second-order valence-electron chi connectivity index (χ2n) is 3.35. The highest BCUT2D eigenvalue weighted by Crippen LogP contribution is 2.23. The van der Waals surface area contributed by atoms with Crippen LogP contribution < -0.4 is 11.5 Å². The standard InChI is InChI=1S/C10H10N4O3S/c11-7-3-8(12)14-10(13-7)18-4-6-5(9(15)16)1-2-17-6/h1-3H,4H2,(H,15,16)(H4,11,12,13,14). The van der Waals surface area contributed by atoms with Gasteiger partial charge in [-0.2, -0.15) is 0 Å². The monoisotopic (exact) mass is 266 g/mol. The van der Waals surface area contributed by atoms with Crippen LogP contribution in [0.5, 0.6) is 0 Å². The number of rotatable bonds is 4. The highest BCUT2D eigenvalue weighted by molar-refractivity contribution is 7.98. The van der Waals surface area contributed by atoms with Crippen LogP contribution in [0.15, 0.2) is 28.0 Å². The molecule has 2 heterocycles. The van der Waals surface area contributed by atoms with E-state index in [1.165, 1.54) is 30.2 Å². The molecule has 0 amide bonds. The molecule has 94 valence electrons. The number of nitrogens with zero attached hydrogens (tertiary/aromatic N) is 2. The van der Waals surface area contributed by atoms with Crippen molar-refractivity contribution in [2.75, 3.05) is 11.5 Å². The summed E-state index contributed by atoms with van der Waals surface area (Å²) in [6.07, 6.45) is 1.33. The summed E-state index contributed by atoms with van der Waals surface area (Å²) in [4.78, 5) is 18.8. The zero-order valence-corrected chi connectivity index (χ0v) is 9.98. The smallest absolute Gasteiger partial charge is 0.339 e. The van der Waals surface area contributed by atoms with Crippen LogP contribution >= 0.6 is 11.8 Å². The second kappa shape index (κ2) is 4.96. The Kier molecular flexibility index (Phi) is 3.38. The molecule has 0 radical (unpaired) electrons. The molecule has 0 saturated carbocycles. The predicted molar refractivity (Wildman–Crippen MR) is 66.1 cm³/mol. The molecule has 5 N–H and O–H groups in total. The lowest BCUT2D eigenvalue weighted by Crippen LogP contribution is -2.00. The fourth-order valence-corrected chi connectivity index (χ4v) is 2.12. The fraction of sp³-hybridized carbons (Fsp3) is 0.100. The number of carboxylic acids is 1. The summed E-state index contributed by atoms with van der Waals surface area (Å²) in [5.74, 6) is 0.132. The second-order valence-corrected chi connectivity index (χ2v) is 4.29.